The van der Waals surface area contributed by atoms with E-state index in [2.05, 4.69) is 50.7 Å². The Morgan fingerprint density at radius 2 is 2.07 bits per heavy atom. The Morgan fingerprint density at radius 1 is 1.20 bits per heavy atom. The molecular weight excluding hydrogens is 376 g/mol. The number of methoxy groups -OCH3 is 1. The molecule has 152 valence electrons. The number of carbonyl (C=O) groups is 1. The molecule has 1 aromatic heterocycles. The third-order valence-corrected chi connectivity index (χ3v) is 5.21. The maximum absolute atomic E-state index is 12.1. The number of rotatable bonds is 6. The molecule has 0 unspecified atom stereocenters. The van der Waals surface area contributed by atoms with E-state index in [9.17, 15) is 4.79 Å². The van der Waals surface area contributed by atoms with Crippen LogP contribution in [0, 0.1) is 0 Å². The molecule has 1 aliphatic heterocycles. The smallest absolute Gasteiger partial charge is 0.272 e. The van der Waals surface area contributed by atoms with E-state index in [1.807, 2.05) is 12.1 Å². The third kappa shape index (κ3) is 4.72. The number of aromatic nitrogens is 1. The maximum Gasteiger partial charge on any atom is 0.272 e. The first-order valence-electron chi connectivity index (χ1n) is 9.92. The molecule has 30 heavy (non-hydrogen) atoms. The molecule has 2 aromatic carbocycles. The van der Waals surface area contributed by atoms with Crippen molar-refractivity contribution >= 4 is 12.1 Å². The van der Waals surface area contributed by atoms with Gasteiger partial charge in [0.25, 0.3) is 5.91 Å². The highest BCUT2D eigenvalue weighted by Crippen LogP contribution is 2.25. The number of ether oxygens (including phenoxy) is 1. The molecule has 6 heteroatoms. The zero-order valence-corrected chi connectivity index (χ0v) is 16.9. The van der Waals surface area contributed by atoms with E-state index in [0.717, 1.165) is 42.9 Å². The number of fused-ring (bicyclic) bond motifs is 1. The van der Waals surface area contributed by atoms with Crippen LogP contribution in [0.25, 0.3) is 0 Å². The van der Waals surface area contributed by atoms with Crippen molar-refractivity contribution in [1.82, 2.24) is 15.3 Å². The minimum Gasteiger partial charge on any atom is -0.496 e. The molecule has 0 radical (unpaired) electrons. The number of benzene rings is 2. The van der Waals surface area contributed by atoms with Gasteiger partial charge in [0.05, 0.1) is 18.9 Å². The number of hydrogen-bond donors (Lipinski definition) is 1. The second-order valence-corrected chi connectivity index (χ2v) is 7.24. The lowest BCUT2D eigenvalue weighted by atomic mass is 9.99. The van der Waals surface area contributed by atoms with Crippen molar-refractivity contribution in [1.29, 1.82) is 0 Å². The Labute approximate surface area is 176 Å². The minimum atomic E-state index is -0.292. The van der Waals surface area contributed by atoms with Crippen molar-refractivity contribution in [2.45, 2.75) is 19.5 Å². The molecule has 4 rings (SSSR count). The average molecular weight is 400 g/mol. The van der Waals surface area contributed by atoms with Gasteiger partial charge in [0.15, 0.2) is 0 Å². The van der Waals surface area contributed by atoms with Crippen LogP contribution in [-0.4, -0.2) is 35.7 Å². The van der Waals surface area contributed by atoms with Crippen molar-refractivity contribution in [3.8, 4) is 5.75 Å². The quantitative estimate of drug-likeness (QED) is 0.509. The first-order chi connectivity index (χ1) is 14.7. The second-order valence-electron chi connectivity index (χ2n) is 7.24. The number of nitrogens with one attached hydrogen (secondary N) is 1. The minimum absolute atomic E-state index is 0.292. The molecular formula is C24H24N4O2. The molecule has 2 heterocycles. The van der Waals surface area contributed by atoms with Crippen LogP contribution in [0.2, 0.25) is 0 Å². The molecule has 1 N–H and O–H groups in total. The van der Waals surface area contributed by atoms with Gasteiger partial charge in [0.1, 0.15) is 5.75 Å². The fourth-order valence-corrected chi connectivity index (χ4v) is 3.66. The third-order valence-electron chi connectivity index (χ3n) is 5.21. The van der Waals surface area contributed by atoms with Gasteiger partial charge in [-0.05, 0) is 53.4 Å². The monoisotopic (exact) mass is 400 g/mol. The zero-order valence-electron chi connectivity index (χ0n) is 16.9. The van der Waals surface area contributed by atoms with Crippen molar-refractivity contribution in [2.75, 3.05) is 13.7 Å². The van der Waals surface area contributed by atoms with Gasteiger partial charge in [0, 0.05) is 37.6 Å². The number of carbonyl (C=O) groups excluding carboxylic acids is 1. The lowest BCUT2D eigenvalue weighted by molar-refractivity contribution is 0.0955. The summed E-state index contributed by atoms with van der Waals surface area (Å²) < 4.78 is 5.56. The molecule has 0 atom stereocenters. The van der Waals surface area contributed by atoms with Crippen molar-refractivity contribution in [3.05, 3.63) is 94.8 Å². The molecule has 6 nitrogen and oxygen atoms in total. The van der Waals surface area contributed by atoms with Crippen LogP contribution < -0.4 is 10.2 Å². The summed E-state index contributed by atoms with van der Waals surface area (Å²) in [5, 5.41) is 4.08. The molecule has 1 amide bonds. The largest absolute Gasteiger partial charge is 0.496 e. The predicted molar refractivity (Wildman–Crippen MR) is 117 cm³/mol. The van der Waals surface area contributed by atoms with Crippen LogP contribution >= 0.6 is 0 Å². The normalized spacial score (nSPS) is 13.8. The molecule has 0 saturated heterocycles. The Hall–Kier alpha value is -3.51. The van der Waals surface area contributed by atoms with E-state index in [0.29, 0.717) is 5.56 Å². The summed E-state index contributed by atoms with van der Waals surface area (Å²) in [4.78, 5) is 18.4. The molecule has 0 fully saturated rings. The first kappa shape index (κ1) is 19.8. The van der Waals surface area contributed by atoms with Gasteiger partial charge >= 0.3 is 0 Å². The predicted octanol–water partition coefficient (Wildman–Crippen LogP) is 3.41. The summed E-state index contributed by atoms with van der Waals surface area (Å²) in [5.41, 5.74) is 7.82. The van der Waals surface area contributed by atoms with E-state index < -0.39 is 0 Å². The van der Waals surface area contributed by atoms with Crippen LogP contribution in [0.4, 0.5) is 0 Å². The summed E-state index contributed by atoms with van der Waals surface area (Å²) in [7, 11) is 1.69. The van der Waals surface area contributed by atoms with Crippen molar-refractivity contribution < 1.29 is 9.53 Å². The summed E-state index contributed by atoms with van der Waals surface area (Å²) in [6, 6.07) is 17.9. The van der Waals surface area contributed by atoms with E-state index in [1.165, 1.54) is 17.3 Å². The number of pyridine rings is 1. The number of hydrogen-bond acceptors (Lipinski definition) is 5. The standard InChI is InChI=1S/C24H24N4O2/c1-30-23-9-8-18(14-26-27-24(29)20-7-4-11-25-15-20)13-22(23)17-28-12-10-19-5-2-3-6-21(19)16-28/h2-9,11,13-15H,10,12,16-17H2,1H3,(H,27,29). The highest BCUT2D eigenvalue weighted by atomic mass is 16.5. The van der Waals surface area contributed by atoms with Gasteiger partial charge in [0.2, 0.25) is 0 Å². The molecule has 3 aromatic rings. The molecule has 0 bridgehead atoms. The van der Waals surface area contributed by atoms with Crippen LogP contribution in [0.5, 0.6) is 5.75 Å². The number of amides is 1. The van der Waals surface area contributed by atoms with Crippen LogP contribution in [0.15, 0.2) is 72.1 Å². The SMILES string of the molecule is COc1ccc(C=NNC(=O)c2cccnc2)cc1CN1CCc2ccccc2C1. The summed E-state index contributed by atoms with van der Waals surface area (Å²) >= 11 is 0. The lowest BCUT2D eigenvalue weighted by Gasteiger charge is -2.29. The highest BCUT2D eigenvalue weighted by Gasteiger charge is 2.17. The Bertz CT molecular complexity index is 1050. The summed E-state index contributed by atoms with van der Waals surface area (Å²) in [6.07, 6.45) is 5.83. The van der Waals surface area contributed by atoms with Crippen LogP contribution in [0.1, 0.15) is 32.6 Å². The zero-order chi connectivity index (χ0) is 20.8. The van der Waals surface area contributed by atoms with Gasteiger partial charge in [-0.15, -0.1) is 0 Å². The molecule has 0 spiro atoms. The van der Waals surface area contributed by atoms with Crippen molar-refractivity contribution in [2.24, 2.45) is 5.10 Å². The molecule has 0 aliphatic carbocycles. The number of hydrazone groups is 1. The van der Waals surface area contributed by atoms with Crippen molar-refractivity contribution in [3.63, 3.8) is 0 Å². The van der Waals surface area contributed by atoms with E-state index in [1.54, 1.807) is 31.7 Å². The van der Waals surface area contributed by atoms with E-state index >= 15 is 0 Å². The van der Waals surface area contributed by atoms with Crippen LogP contribution in [-0.2, 0) is 19.5 Å². The topological polar surface area (TPSA) is 66.8 Å². The van der Waals surface area contributed by atoms with Gasteiger partial charge in [-0.25, -0.2) is 5.43 Å². The average Bonchev–Trinajstić information content (AvgIpc) is 2.80. The summed E-state index contributed by atoms with van der Waals surface area (Å²) in [5.74, 6) is 0.561. The van der Waals surface area contributed by atoms with Gasteiger partial charge in [-0.1, -0.05) is 24.3 Å². The Balaban J connectivity index is 1.44. The lowest BCUT2D eigenvalue weighted by Crippen LogP contribution is -2.30. The Morgan fingerprint density at radius 3 is 2.87 bits per heavy atom. The fourth-order valence-electron chi connectivity index (χ4n) is 3.66. The first-order valence-corrected chi connectivity index (χ1v) is 9.92. The summed E-state index contributed by atoms with van der Waals surface area (Å²) in [6.45, 7) is 2.74. The second kappa shape index (κ2) is 9.33. The van der Waals surface area contributed by atoms with Crippen LogP contribution in [0.3, 0.4) is 0 Å². The Kier molecular flexibility index (Phi) is 6.15. The fraction of sp³-hybridized carbons (Fsp3) is 0.208. The van der Waals surface area contributed by atoms with Gasteiger partial charge in [-0.2, -0.15) is 5.10 Å². The van der Waals surface area contributed by atoms with Gasteiger partial charge < -0.3 is 4.74 Å². The van der Waals surface area contributed by atoms with E-state index in [-0.39, 0.29) is 5.91 Å². The molecule has 0 saturated carbocycles. The number of nitrogens with zero attached hydrogens (tertiary/aromatic N) is 3. The van der Waals surface area contributed by atoms with E-state index in [4.69, 9.17) is 4.74 Å². The maximum atomic E-state index is 12.1. The van der Waals surface area contributed by atoms with Gasteiger partial charge in [-0.3, -0.25) is 14.7 Å². The highest BCUT2D eigenvalue weighted by molar-refractivity contribution is 5.94. The molecule has 1 aliphatic rings.